The van der Waals surface area contributed by atoms with Crippen molar-refractivity contribution in [3.63, 3.8) is 0 Å². The number of aryl methyl sites for hydroxylation is 1. The van der Waals surface area contributed by atoms with Crippen LogP contribution in [-0.4, -0.2) is 31.1 Å². The number of rotatable bonds is 11. The topological polar surface area (TPSA) is 52.6 Å². The lowest BCUT2D eigenvalue weighted by Crippen LogP contribution is -2.25. The summed E-state index contributed by atoms with van der Waals surface area (Å²) in [5.41, 5.74) is 3.19. The highest BCUT2D eigenvalue weighted by Gasteiger charge is 2.41. The van der Waals surface area contributed by atoms with Gasteiger partial charge in [0.15, 0.2) is 11.6 Å². The fourth-order valence-electron chi connectivity index (χ4n) is 4.49. The highest BCUT2D eigenvalue weighted by molar-refractivity contribution is 9.09. The van der Waals surface area contributed by atoms with E-state index in [1.807, 2.05) is 25.1 Å². The van der Waals surface area contributed by atoms with Crippen LogP contribution in [0.1, 0.15) is 64.4 Å². The van der Waals surface area contributed by atoms with Gasteiger partial charge in [0.1, 0.15) is 11.5 Å². The molecule has 1 unspecified atom stereocenters. The zero-order chi connectivity index (χ0) is 22.4. The van der Waals surface area contributed by atoms with E-state index in [4.69, 9.17) is 9.47 Å². The van der Waals surface area contributed by atoms with Crippen molar-refractivity contribution >= 4 is 27.5 Å². The molecule has 0 aromatic heterocycles. The standard InChI is InChI=1S/C26H31BrO4/c1-17(24-25(28)20-11-7-8-12-21(20)26(24)29)14-19-16-22(30-2)18(15-23(19)31-3)10-6-4-5-9-13-27/h7-8,11-12,15-17,24H,4-6,9-10,13-14H2,1-3H3. The van der Waals surface area contributed by atoms with E-state index >= 15 is 0 Å². The van der Waals surface area contributed by atoms with E-state index in [-0.39, 0.29) is 17.5 Å². The summed E-state index contributed by atoms with van der Waals surface area (Å²) in [6, 6.07) is 11.2. The Labute approximate surface area is 193 Å². The summed E-state index contributed by atoms with van der Waals surface area (Å²) >= 11 is 3.48. The molecule has 5 heteroatoms. The lowest BCUT2D eigenvalue weighted by atomic mass is 9.84. The minimum atomic E-state index is -0.637. The number of alkyl halides is 1. The van der Waals surface area contributed by atoms with Gasteiger partial charge in [-0.2, -0.15) is 0 Å². The van der Waals surface area contributed by atoms with Crippen LogP contribution in [0.5, 0.6) is 11.5 Å². The fraction of sp³-hybridized carbons (Fsp3) is 0.462. The summed E-state index contributed by atoms with van der Waals surface area (Å²) in [4.78, 5) is 25.8. The maximum absolute atomic E-state index is 12.9. The zero-order valence-electron chi connectivity index (χ0n) is 18.6. The molecule has 2 aromatic rings. The van der Waals surface area contributed by atoms with Gasteiger partial charge in [-0.1, -0.05) is 60.0 Å². The molecule has 0 saturated heterocycles. The molecular weight excluding hydrogens is 456 g/mol. The van der Waals surface area contributed by atoms with Gasteiger partial charge in [-0.05, 0) is 54.9 Å². The van der Waals surface area contributed by atoms with E-state index < -0.39 is 5.92 Å². The Bertz CT molecular complexity index is 902. The first-order valence-corrected chi connectivity index (χ1v) is 12.1. The van der Waals surface area contributed by atoms with Gasteiger partial charge in [-0.3, -0.25) is 9.59 Å². The molecule has 0 aliphatic heterocycles. The Kier molecular flexibility index (Phi) is 8.30. The largest absolute Gasteiger partial charge is 0.496 e. The third kappa shape index (κ3) is 5.20. The molecule has 0 fully saturated rings. The number of halogens is 1. The lowest BCUT2D eigenvalue weighted by Gasteiger charge is -2.20. The number of hydrogen-bond donors (Lipinski definition) is 0. The van der Waals surface area contributed by atoms with E-state index in [0.29, 0.717) is 17.5 Å². The summed E-state index contributed by atoms with van der Waals surface area (Å²) in [5, 5.41) is 1.05. The molecular formula is C26H31BrO4. The molecule has 1 aliphatic rings. The molecule has 0 amide bonds. The Balaban J connectivity index is 1.76. The van der Waals surface area contributed by atoms with E-state index in [2.05, 4.69) is 22.0 Å². The highest BCUT2D eigenvalue weighted by Crippen LogP contribution is 2.36. The number of carbonyl (C=O) groups excluding carboxylic acids is 2. The third-order valence-corrected chi connectivity index (χ3v) is 6.71. The average Bonchev–Trinajstić information content (AvgIpc) is 3.04. The number of methoxy groups -OCH3 is 2. The van der Waals surface area contributed by atoms with E-state index in [1.54, 1.807) is 26.4 Å². The maximum atomic E-state index is 12.9. The first kappa shape index (κ1) is 23.5. The van der Waals surface area contributed by atoms with Crippen molar-refractivity contribution in [1.29, 1.82) is 0 Å². The van der Waals surface area contributed by atoms with E-state index in [9.17, 15) is 9.59 Å². The van der Waals surface area contributed by atoms with Crippen LogP contribution in [0, 0.1) is 11.8 Å². The van der Waals surface area contributed by atoms with Gasteiger partial charge in [-0.15, -0.1) is 0 Å². The number of benzene rings is 2. The van der Waals surface area contributed by atoms with Crippen molar-refractivity contribution in [2.24, 2.45) is 11.8 Å². The van der Waals surface area contributed by atoms with E-state index in [0.717, 1.165) is 40.8 Å². The molecule has 0 bridgehead atoms. The van der Waals surface area contributed by atoms with Gasteiger partial charge >= 0.3 is 0 Å². The molecule has 0 saturated carbocycles. The summed E-state index contributed by atoms with van der Waals surface area (Å²) in [6.45, 7) is 1.97. The number of carbonyl (C=O) groups is 2. The third-order valence-electron chi connectivity index (χ3n) is 6.15. The molecule has 0 spiro atoms. The Morgan fingerprint density at radius 2 is 1.42 bits per heavy atom. The minimum absolute atomic E-state index is 0.0702. The second-order valence-electron chi connectivity index (χ2n) is 8.26. The first-order chi connectivity index (χ1) is 15.0. The molecule has 166 valence electrons. The smallest absolute Gasteiger partial charge is 0.174 e. The van der Waals surface area contributed by atoms with Gasteiger partial charge < -0.3 is 9.47 Å². The first-order valence-electron chi connectivity index (χ1n) is 11.0. The molecule has 0 radical (unpaired) electrons. The van der Waals surface area contributed by atoms with Gasteiger partial charge in [0.05, 0.1) is 20.1 Å². The zero-order valence-corrected chi connectivity index (χ0v) is 20.2. The summed E-state index contributed by atoms with van der Waals surface area (Å²) in [7, 11) is 3.35. The van der Waals surface area contributed by atoms with Crippen LogP contribution in [0.2, 0.25) is 0 Å². The summed E-state index contributed by atoms with van der Waals surface area (Å²) in [6.07, 6.45) is 6.20. The number of hydrogen-bond acceptors (Lipinski definition) is 4. The van der Waals surface area contributed by atoms with Crippen LogP contribution in [0.4, 0.5) is 0 Å². The predicted molar refractivity (Wildman–Crippen MR) is 127 cm³/mol. The predicted octanol–water partition coefficient (Wildman–Crippen LogP) is 6.08. The monoisotopic (exact) mass is 486 g/mol. The highest BCUT2D eigenvalue weighted by atomic mass is 79.9. The molecule has 2 aromatic carbocycles. The number of ether oxygens (including phenoxy) is 2. The minimum Gasteiger partial charge on any atom is -0.496 e. The van der Waals surface area contributed by atoms with Gasteiger partial charge in [-0.25, -0.2) is 0 Å². The molecule has 1 aliphatic carbocycles. The molecule has 31 heavy (non-hydrogen) atoms. The van der Waals surface area contributed by atoms with Crippen LogP contribution >= 0.6 is 15.9 Å². The molecule has 4 nitrogen and oxygen atoms in total. The van der Waals surface area contributed by atoms with Crippen LogP contribution < -0.4 is 9.47 Å². The Morgan fingerprint density at radius 1 is 0.871 bits per heavy atom. The molecule has 1 atom stereocenters. The quantitative estimate of drug-likeness (QED) is 0.219. The molecule has 0 heterocycles. The second-order valence-corrected chi connectivity index (χ2v) is 9.06. The van der Waals surface area contributed by atoms with Crippen LogP contribution in [-0.2, 0) is 12.8 Å². The van der Waals surface area contributed by atoms with Crippen molar-refractivity contribution in [2.45, 2.75) is 45.4 Å². The molecule has 3 rings (SSSR count). The van der Waals surface area contributed by atoms with Gasteiger partial charge in [0.2, 0.25) is 0 Å². The van der Waals surface area contributed by atoms with Crippen LogP contribution in [0.3, 0.4) is 0 Å². The van der Waals surface area contributed by atoms with Crippen LogP contribution in [0.15, 0.2) is 36.4 Å². The van der Waals surface area contributed by atoms with Crippen LogP contribution in [0.25, 0.3) is 0 Å². The SMILES string of the molecule is COc1cc(CC(C)C2C(=O)c3ccccc3C2=O)c(OC)cc1CCCCCCBr. The summed E-state index contributed by atoms with van der Waals surface area (Å²) in [5.74, 6) is 0.718. The number of ketones is 2. The number of unbranched alkanes of at least 4 members (excludes halogenated alkanes) is 3. The van der Waals surface area contributed by atoms with Crippen molar-refractivity contribution in [1.82, 2.24) is 0 Å². The van der Waals surface area contributed by atoms with Crippen molar-refractivity contribution < 1.29 is 19.1 Å². The number of fused-ring (bicyclic) bond motifs is 1. The normalized spacial score (nSPS) is 14.6. The Morgan fingerprint density at radius 3 is 2.00 bits per heavy atom. The average molecular weight is 487 g/mol. The van der Waals surface area contributed by atoms with Gasteiger partial charge in [0.25, 0.3) is 0 Å². The van der Waals surface area contributed by atoms with Crippen molar-refractivity contribution in [3.8, 4) is 11.5 Å². The van der Waals surface area contributed by atoms with Gasteiger partial charge in [0, 0.05) is 16.5 Å². The summed E-state index contributed by atoms with van der Waals surface area (Å²) < 4.78 is 11.3. The second kappa shape index (κ2) is 10.9. The van der Waals surface area contributed by atoms with Crippen molar-refractivity contribution in [2.75, 3.05) is 19.5 Å². The number of Topliss-reactive ketones (excluding diaryl/α,β-unsaturated/α-hetero) is 2. The maximum Gasteiger partial charge on any atom is 0.174 e. The van der Waals surface area contributed by atoms with E-state index in [1.165, 1.54) is 19.3 Å². The molecule has 0 N–H and O–H groups in total. The Hall–Kier alpha value is -2.14. The van der Waals surface area contributed by atoms with Crippen molar-refractivity contribution in [3.05, 3.63) is 58.7 Å². The fourth-order valence-corrected chi connectivity index (χ4v) is 4.89. The lowest BCUT2D eigenvalue weighted by molar-refractivity contribution is 0.0791.